The van der Waals surface area contributed by atoms with Crippen LogP contribution in [-0.4, -0.2) is 54.2 Å². The second kappa shape index (κ2) is 11.1. The number of nitrogen functional groups attached to an aromatic ring is 1. The summed E-state index contributed by atoms with van der Waals surface area (Å²) in [6.07, 6.45) is 10.2. The van der Waals surface area contributed by atoms with Crippen molar-refractivity contribution >= 4 is 11.7 Å². The van der Waals surface area contributed by atoms with E-state index in [9.17, 15) is 4.79 Å². The molecule has 4 aliphatic rings. The van der Waals surface area contributed by atoms with Gasteiger partial charge in [0.05, 0.1) is 5.56 Å². The van der Waals surface area contributed by atoms with E-state index in [1.807, 2.05) is 36.4 Å². The molecule has 6 nitrogen and oxygen atoms in total. The Balaban J connectivity index is 0.000000175. The Hall–Kier alpha value is -2.44. The highest BCUT2D eigenvalue weighted by Crippen LogP contribution is 2.46. The lowest BCUT2D eigenvalue weighted by Crippen LogP contribution is -2.38. The molecule has 2 aliphatic carbocycles. The van der Waals surface area contributed by atoms with E-state index >= 15 is 0 Å². The minimum Gasteiger partial charge on any atom is -0.383 e. The van der Waals surface area contributed by atoms with Crippen molar-refractivity contribution in [2.45, 2.75) is 64.0 Å². The maximum atomic E-state index is 12.6. The first kappa shape index (κ1) is 24.3. The van der Waals surface area contributed by atoms with Gasteiger partial charge in [-0.3, -0.25) is 9.69 Å². The van der Waals surface area contributed by atoms with Gasteiger partial charge in [-0.2, -0.15) is 0 Å². The number of nitrogens with two attached hydrogens (primary N) is 1. The third kappa shape index (κ3) is 6.22. The largest absolute Gasteiger partial charge is 0.383 e. The van der Waals surface area contributed by atoms with Crippen molar-refractivity contribution in [1.82, 2.24) is 15.2 Å². The van der Waals surface area contributed by atoms with E-state index in [2.05, 4.69) is 22.1 Å². The van der Waals surface area contributed by atoms with Crippen molar-refractivity contribution in [3.63, 3.8) is 0 Å². The molecule has 6 heteroatoms. The molecule has 6 rings (SSSR count). The Labute approximate surface area is 209 Å². The molecule has 3 N–H and O–H groups in total. The van der Waals surface area contributed by atoms with Crippen LogP contribution in [0.2, 0.25) is 0 Å². The van der Waals surface area contributed by atoms with Gasteiger partial charge in [-0.05, 0) is 74.3 Å². The lowest BCUT2D eigenvalue weighted by atomic mass is 9.87. The van der Waals surface area contributed by atoms with Crippen LogP contribution in [0.15, 0.2) is 42.6 Å². The fourth-order valence-electron chi connectivity index (χ4n) is 5.90. The summed E-state index contributed by atoms with van der Waals surface area (Å²) in [4.78, 5) is 19.5. The van der Waals surface area contributed by atoms with Crippen LogP contribution in [0.1, 0.15) is 62.2 Å². The molecule has 3 heterocycles. The number of nitrogens with zero attached hydrogens (tertiary/aromatic N) is 2. The van der Waals surface area contributed by atoms with Crippen LogP contribution in [0.25, 0.3) is 11.1 Å². The lowest BCUT2D eigenvalue weighted by molar-refractivity contribution is 0.0385. The number of piperidine rings is 1. The molecule has 35 heavy (non-hydrogen) atoms. The van der Waals surface area contributed by atoms with Crippen LogP contribution in [0.5, 0.6) is 0 Å². The Morgan fingerprint density at radius 3 is 2.37 bits per heavy atom. The van der Waals surface area contributed by atoms with Gasteiger partial charge in [0.25, 0.3) is 5.91 Å². The summed E-state index contributed by atoms with van der Waals surface area (Å²) >= 11 is 0. The zero-order valence-electron chi connectivity index (χ0n) is 21.0. The van der Waals surface area contributed by atoms with Crippen molar-refractivity contribution in [2.24, 2.45) is 17.8 Å². The summed E-state index contributed by atoms with van der Waals surface area (Å²) in [5, 5.41) is 3.12. The number of amides is 1. The number of nitrogens with one attached hydrogen (secondary N) is 1. The topological polar surface area (TPSA) is 80.5 Å². The number of fused-ring (bicyclic) bond motifs is 1. The molecule has 2 aromatic rings. The average molecular weight is 477 g/mol. The van der Waals surface area contributed by atoms with Crippen molar-refractivity contribution in [1.29, 1.82) is 0 Å². The van der Waals surface area contributed by atoms with Crippen molar-refractivity contribution in [2.75, 3.05) is 32.0 Å². The van der Waals surface area contributed by atoms with Gasteiger partial charge in [0.2, 0.25) is 0 Å². The lowest BCUT2D eigenvalue weighted by Gasteiger charge is -2.31. The molecular weight excluding hydrogens is 436 g/mol. The zero-order valence-corrected chi connectivity index (χ0v) is 21.0. The summed E-state index contributed by atoms with van der Waals surface area (Å²) in [5.74, 6) is 3.11. The summed E-state index contributed by atoms with van der Waals surface area (Å²) in [6, 6.07) is 12.8. The highest BCUT2D eigenvalue weighted by atomic mass is 16.5. The number of carbonyl (C=O) groups is 1. The van der Waals surface area contributed by atoms with Crippen LogP contribution in [0.4, 0.5) is 5.82 Å². The van der Waals surface area contributed by atoms with E-state index < -0.39 is 0 Å². The SMILES string of the molecule is C1CC(N2CC3CC3C2)CCO1.CC1CCC(NC(=O)c2cc(-c3ccccc3)cnc2N)CC1. The molecule has 2 saturated heterocycles. The molecule has 2 atom stereocenters. The number of pyridine rings is 1. The summed E-state index contributed by atoms with van der Waals surface area (Å²) in [5.41, 5.74) is 8.32. The second-order valence-corrected chi connectivity index (χ2v) is 11.0. The first-order valence-corrected chi connectivity index (χ1v) is 13.5. The fourth-order valence-corrected chi connectivity index (χ4v) is 5.90. The molecular formula is C29H40N4O2. The van der Waals surface area contributed by atoms with Gasteiger partial charge in [-0.25, -0.2) is 4.98 Å². The van der Waals surface area contributed by atoms with Crippen LogP contribution < -0.4 is 11.1 Å². The Morgan fingerprint density at radius 1 is 1.00 bits per heavy atom. The summed E-state index contributed by atoms with van der Waals surface area (Å²) < 4.78 is 5.37. The Morgan fingerprint density at radius 2 is 1.69 bits per heavy atom. The summed E-state index contributed by atoms with van der Waals surface area (Å²) in [6.45, 7) is 7.06. The molecule has 1 aromatic carbocycles. The van der Waals surface area contributed by atoms with E-state index in [0.717, 1.165) is 61.0 Å². The number of hydrogen-bond donors (Lipinski definition) is 2. The molecule has 2 aliphatic heterocycles. The van der Waals surface area contributed by atoms with Gasteiger partial charge in [-0.15, -0.1) is 0 Å². The molecule has 0 radical (unpaired) electrons. The number of hydrogen-bond acceptors (Lipinski definition) is 5. The molecule has 2 saturated carbocycles. The van der Waals surface area contributed by atoms with E-state index in [4.69, 9.17) is 10.5 Å². The third-order valence-electron chi connectivity index (χ3n) is 8.34. The normalized spacial score (nSPS) is 28.5. The number of aromatic nitrogens is 1. The Kier molecular flexibility index (Phi) is 7.69. The number of likely N-dealkylation sites (tertiary alicyclic amines) is 1. The van der Waals surface area contributed by atoms with Gasteiger partial charge >= 0.3 is 0 Å². The first-order chi connectivity index (χ1) is 17.1. The quantitative estimate of drug-likeness (QED) is 0.665. The number of rotatable bonds is 4. The predicted octanol–water partition coefficient (Wildman–Crippen LogP) is 4.76. The molecule has 0 spiro atoms. The van der Waals surface area contributed by atoms with Crippen LogP contribution in [0.3, 0.4) is 0 Å². The van der Waals surface area contributed by atoms with Crippen LogP contribution >= 0.6 is 0 Å². The van der Waals surface area contributed by atoms with Crippen molar-refractivity contribution in [3.8, 4) is 11.1 Å². The van der Waals surface area contributed by atoms with Gasteiger partial charge in [0, 0.05) is 50.1 Å². The maximum absolute atomic E-state index is 12.6. The summed E-state index contributed by atoms with van der Waals surface area (Å²) in [7, 11) is 0. The molecule has 1 aromatic heterocycles. The fraction of sp³-hybridized carbons (Fsp3) is 0.586. The minimum atomic E-state index is -0.118. The Bertz CT molecular complexity index is 973. The highest BCUT2D eigenvalue weighted by Gasteiger charge is 2.46. The second-order valence-electron chi connectivity index (χ2n) is 11.0. The first-order valence-electron chi connectivity index (χ1n) is 13.5. The van der Waals surface area contributed by atoms with E-state index in [0.29, 0.717) is 5.56 Å². The zero-order chi connectivity index (χ0) is 24.2. The van der Waals surface area contributed by atoms with E-state index in [1.165, 1.54) is 45.2 Å². The predicted molar refractivity (Wildman–Crippen MR) is 140 cm³/mol. The number of benzene rings is 1. The van der Waals surface area contributed by atoms with Gasteiger partial charge in [-0.1, -0.05) is 37.3 Å². The van der Waals surface area contributed by atoms with Crippen LogP contribution in [0, 0.1) is 17.8 Å². The monoisotopic (exact) mass is 476 g/mol. The van der Waals surface area contributed by atoms with Crippen molar-refractivity contribution < 1.29 is 9.53 Å². The smallest absolute Gasteiger partial charge is 0.255 e. The standard InChI is InChI=1S/C19H23N3O.C10H17NO/c1-13-7-9-16(10-8-13)22-19(23)17-11-15(12-21-18(17)20)14-5-3-2-4-6-14;1-3-12-4-2-10(1)11-6-8-5-9(8)7-11/h2-6,11-13,16H,7-10H2,1H3,(H2,20,21)(H,22,23);8-10H,1-7H2. The average Bonchev–Trinajstić information content (AvgIpc) is 3.51. The number of anilines is 1. The molecule has 1 amide bonds. The van der Waals surface area contributed by atoms with Gasteiger partial charge < -0.3 is 15.8 Å². The third-order valence-corrected chi connectivity index (χ3v) is 8.34. The molecule has 4 fully saturated rings. The van der Waals surface area contributed by atoms with E-state index in [1.54, 1.807) is 6.20 Å². The van der Waals surface area contributed by atoms with Crippen LogP contribution in [-0.2, 0) is 4.74 Å². The number of carbonyl (C=O) groups excluding carboxylic acids is 1. The molecule has 188 valence electrons. The molecule has 0 bridgehead atoms. The highest BCUT2D eigenvalue weighted by molar-refractivity contribution is 5.99. The van der Waals surface area contributed by atoms with E-state index in [-0.39, 0.29) is 17.8 Å². The molecule has 2 unspecified atom stereocenters. The van der Waals surface area contributed by atoms with Gasteiger partial charge in [0.15, 0.2) is 0 Å². The minimum absolute atomic E-state index is 0.118. The van der Waals surface area contributed by atoms with Gasteiger partial charge in [0.1, 0.15) is 5.82 Å². The maximum Gasteiger partial charge on any atom is 0.255 e. The van der Waals surface area contributed by atoms with Crippen molar-refractivity contribution in [3.05, 3.63) is 48.2 Å². The number of ether oxygens (including phenoxy) is 1.